The molecule has 0 bridgehead atoms. The molecule has 0 N–H and O–H groups in total. The largest absolute Gasteiger partial charge is 0.497 e. The van der Waals surface area contributed by atoms with Crippen LogP contribution in [0, 0.1) is 6.92 Å². The molecule has 2 aromatic rings. The number of hydrogen-bond acceptors (Lipinski definition) is 3. The van der Waals surface area contributed by atoms with Gasteiger partial charge in [-0.3, -0.25) is 0 Å². The molecule has 1 aromatic carbocycles. The van der Waals surface area contributed by atoms with Crippen LogP contribution in [0.5, 0.6) is 5.75 Å². The highest BCUT2D eigenvalue weighted by molar-refractivity contribution is 6.33. The predicted octanol–water partition coefficient (Wildman–Crippen LogP) is 3.31. The van der Waals surface area contributed by atoms with E-state index in [4.69, 9.17) is 20.8 Å². The van der Waals surface area contributed by atoms with Crippen molar-refractivity contribution >= 4 is 11.6 Å². The van der Waals surface area contributed by atoms with Gasteiger partial charge >= 0.3 is 0 Å². The van der Waals surface area contributed by atoms with Crippen molar-refractivity contribution in [1.29, 1.82) is 0 Å². The van der Waals surface area contributed by atoms with Crippen LogP contribution in [0.2, 0.25) is 5.02 Å². The van der Waals surface area contributed by atoms with Crippen LogP contribution in [-0.4, -0.2) is 12.1 Å². The van der Waals surface area contributed by atoms with Gasteiger partial charge in [0.05, 0.1) is 23.9 Å². The van der Waals surface area contributed by atoms with Gasteiger partial charge in [0.15, 0.2) is 0 Å². The number of nitrogens with zero attached hydrogens (tertiary/aromatic N) is 1. The minimum Gasteiger partial charge on any atom is -0.497 e. The highest BCUT2D eigenvalue weighted by Crippen LogP contribution is 2.30. The van der Waals surface area contributed by atoms with E-state index in [-0.39, 0.29) is 0 Å². The average Bonchev–Trinajstić information content (AvgIpc) is 2.64. The zero-order valence-electron chi connectivity index (χ0n) is 8.45. The van der Waals surface area contributed by atoms with Gasteiger partial charge in [-0.15, -0.1) is 0 Å². The number of ether oxygens (including phenoxy) is 1. The smallest absolute Gasteiger partial charge is 0.227 e. The summed E-state index contributed by atoms with van der Waals surface area (Å²) in [7, 11) is 1.60. The zero-order chi connectivity index (χ0) is 10.8. The summed E-state index contributed by atoms with van der Waals surface area (Å²) in [6, 6.07) is 5.38. The van der Waals surface area contributed by atoms with E-state index in [2.05, 4.69) is 4.98 Å². The lowest BCUT2D eigenvalue weighted by atomic mass is 10.2. The quantitative estimate of drug-likeness (QED) is 0.784. The van der Waals surface area contributed by atoms with E-state index < -0.39 is 0 Å². The van der Waals surface area contributed by atoms with Gasteiger partial charge in [-0.25, -0.2) is 4.98 Å². The van der Waals surface area contributed by atoms with Gasteiger partial charge in [0, 0.05) is 0 Å². The van der Waals surface area contributed by atoms with Crippen LogP contribution in [0.3, 0.4) is 0 Å². The summed E-state index contributed by atoms with van der Waals surface area (Å²) in [4.78, 5) is 4.11. The van der Waals surface area contributed by atoms with Gasteiger partial charge < -0.3 is 9.15 Å². The lowest BCUT2D eigenvalue weighted by Crippen LogP contribution is -1.84. The first-order valence-corrected chi connectivity index (χ1v) is 4.85. The third kappa shape index (κ3) is 1.97. The molecule has 15 heavy (non-hydrogen) atoms. The molecule has 0 spiro atoms. The van der Waals surface area contributed by atoms with Crippen molar-refractivity contribution < 1.29 is 9.15 Å². The summed E-state index contributed by atoms with van der Waals surface area (Å²) in [6.07, 6.45) is 1.66. The maximum absolute atomic E-state index is 6.07. The van der Waals surface area contributed by atoms with E-state index in [1.807, 2.05) is 19.1 Å². The number of halogens is 1. The van der Waals surface area contributed by atoms with E-state index in [9.17, 15) is 0 Å². The molecule has 2 rings (SSSR count). The number of oxazole rings is 1. The molecule has 0 unspecified atom stereocenters. The van der Waals surface area contributed by atoms with Crippen molar-refractivity contribution in [2.24, 2.45) is 0 Å². The first kappa shape index (κ1) is 10.1. The molecule has 0 saturated heterocycles. The molecule has 4 heteroatoms. The molecule has 78 valence electrons. The van der Waals surface area contributed by atoms with E-state index in [1.54, 1.807) is 19.4 Å². The predicted molar refractivity (Wildman–Crippen MR) is 58.2 cm³/mol. The van der Waals surface area contributed by atoms with Gasteiger partial charge in [0.2, 0.25) is 5.89 Å². The lowest BCUT2D eigenvalue weighted by molar-refractivity contribution is 0.415. The fraction of sp³-hybridized carbons (Fsp3) is 0.182. The molecule has 0 atom stereocenters. The topological polar surface area (TPSA) is 35.3 Å². The monoisotopic (exact) mass is 223 g/mol. The first-order chi connectivity index (χ1) is 7.20. The molecule has 0 radical (unpaired) electrons. The molecule has 0 amide bonds. The maximum atomic E-state index is 6.07. The summed E-state index contributed by atoms with van der Waals surface area (Å²) < 4.78 is 10.4. The number of rotatable bonds is 2. The van der Waals surface area contributed by atoms with E-state index >= 15 is 0 Å². The fourth-order valence-electron chi connectivity index (χ4n) is 1.28. The SMILES string of the molecule is COc1ccc(-c2ncc(C)o2)c(Cl)c1. The average molecular weight is 224 g/mol. The second-order valence-electron chi connectivity index (χ2n) is 3.12. The Kier molecular flexibility index (Phi) is 2.64. The maximum Gasteiger partial charge on any atom is 0.227 e. The summed E-state index contributed by atoms with van der Waals surface area (Å²) in [6.45, 7) is 1.84. The number of aromatic nitrogens is 1. The standard InChI is InChI=1S/C11H10ClNO2/c1-7-6-13-11(15-7)9-4-3-8(14-2)5-10(9)12/h3-6H,1-2H3. The number of hydrogen-bond donors (Lipinski definition) is 0. The van der Waals surface area contributed by atoms with Crippen molar-refractivity contribution in [3.05, 3.63) is 35.2 Å². The summed E-state index contributed by atoms with van der Waals surface area (Å²) in [5, 5.41) is 0.566. The van der Waals surface area contributed by atoms with Crippen LogP contribution in [0.25, 0.3) is 11.5 Å². The van der Waals surface area contributed by atoms with Crippen molar-refractivity contribution in [3.63, 3.8) is 0 Å². The van der Waals surface area contributed by atoms with Gasteiger partial charge in [0.25, 0.3) is 0 Å². The molecule has 3 nitrogen and oxygen atoms in total. The minimum absolute atomic E-state index is 0.528. The molecule has 0 saturated carbocycles. The van der Waals surface area contributed by atoms with Crippen LogP contribution in [0.4, 0.5) is 0 Å². The summed E-state index contributed by atoms with van der Waals surface area (Å²) in [5.41, 5.74) is 0.769. The number of aryl methyl sites for hydroxylation is 1. The summed E-state index contributed by atoms with van der Waals surface area (Å²) >= 11 is 6.07. The van der Waals surface area contributed by atoms with Gasteiger partial charge in [-0.1, -0.05) is 11.6 Å². The molecule has 0 aliphatic heterocycles. The van der Waals surface area contributed by atoms with Crippen molar-refractivity contribution in [2.75, 3.05) is 7.11 Å². The van der Waals surface area contributed by atoms with E-state index in [1.165, 1.54) is 0 Å². The van der Waals surface area contributed by atoms with Crippen LogP contribution >= 0.6 is 11.6 Å². The lowest BCUT2D eigenvalue weighted by Gasteiger charge is -2.03. The molecule has 0 aliphatic carbocycles. The summed E-state index contributed by atoms with van der Waals surface area (Å²) in [5.74, 6) is 2.00. The van der Waals surface area contributed by atoms with Crippen LogP contribution in [0.1, 0.15) is 5.76 Å². The molecule has 1 heterocycles. The third-order valence-electron chi connectivity index (χ3n) is 2.03. The zero-order valence-corrected chi connectivity index (χ0v) is 9.21. The first-order valence-electron chi connectivity index (χ1n) is 4.47. The second-order valence-corrected chi connectivity index (χ2v) is 3.53. The fourth-order valence-corrected chi connectivity index (χ4v) is 1.53. The number of methoxy groups -OCH3 is 1. The van der Waals surface area contributed by atoms with E-state index in [0.29, 0.717) is 16.7 Å². The second kappa shape index (κ2) is 3.95. The Bertz CT molecular complexity index is 479. The Morgan fingerprint density at radius 3 is 2.73 bits per heavy atom. The molecular formula is C11H10ClNO2. The van der Waals surface area contributed by atoms with Crippen molar-refractivity contribution in [3.8, 4) is 17.2 Å². The highest BCUT2D eigenvalue weighted by atomic mass is 35.5. The number of benzene rings is 1. The molecule has 0 fully saturated rings. The third-order valence-corrected chi connectivity index (χ3v) is 2.34. The van der Waals surface area contributed by atoms with Crippen molar-refractivity contribution in [2.45, 2.75) is 6.92 Å². The minimum atomic E-state index is 0.528. The Balaban J connectivity index is 2.45. The Labute approximate surface area is 92.6 Å². The van der Waals surface area contributed by atoms with Crippen molar-refractivity contribution in [1.82, 2.24) is 4.98 Å². The van der Waals surface area contributed by atoms with Gasteiger partial charge in [0.1, 0.15) is 11.5 Å². The normalized spacial score (nSPS) is 10.3. The Morgan fingerprint density at radius 2 is 2.20 bits per heavy atom. The van der Waals surface area contributed by atoms with Crippen LogP contribution in [0.15, 0.2) is 28.8 Å². The highest BCUT2D eigenvalue weighted by Gasteiger charge is 2.09. The van der Waals surface area contributed by atoms with Crippen LogP contribution < -0.4 is 4.74 Å². The Morgan fingerprint density at radius 1 is 1.40 bits per heavy atom. The Hall–Kier alpha value is -1.48. The van der Waals surface area contributed by atoms with Crippen LogP contribution in [-0.2, 0) is 0 Å². The van der Waals surface area contributed by atoms with Gasteiger partial charge in [-0.05, 0) is 25.1 Å². The van der Waals surface area contributed by atoms with Gasteiger partial charge in [-0.2, -0.15) is 0 Å². The molecule has 0 aliphatic rings. The molecule has 1 aromatic heterocycles. The molecular weight excluding hydrogens is 214 g/mol. The van der Waals surface area contributed by atoms with E-state index in [0.717, 1.165) is 11.3 Å².